The Bertz CT molecular complexity index is 327. The van der Waals surface area contributed by atoms with E-state index in [0.29, 0.717) is 12.6 Å². The van der Waals surface area contributed by atoms with E-state index in [-0.39, 0.29) is 10.6 Å². The quantitative estimate of drug-likeness (QED) is 0.806. The predicted octanol–water partition coefficient (Wildman–Crippen LogP) is 3.00. The molecule has 0 aromatic rings. The van der Waals surface area contributed by atoms with Crippen LogP contribution in [0.25, 0.3) is 0 Å². The zero-order chi connectivity index (χ0) is 14.3. The molecule has 112 valence electrons. The van der Waals surface area contributed by atoms with Crippen LogP contribution in [0.5, 0.6) is 0 Å². The molecule has 19 heavy (non-hydrogen) atoms. The van der Waals surface area contributed by atoms with Crippen molar-refractivity contribution in [3.05, 3.63) is 0 Å². The molecule has 2 atom stereocenters. The van der Waals surface area contributed by atoms with Gasteiger partial charge in [0.1, 0.15) is 0 Å². The van der Waals surface area contributed by atoms with Crippen molar-refractivity contribution in [2.45, 2.75) is 76.2 Å². The number of hydrogen-bond donors (Lipinski definition) is 1. The van der Waals surface area contributed by atoms with Crippen molar-refractivity contribution in [2.24, 2.45) is 0 Å². The molecule has 2 aliphatic rings. The molecule has 0 bridgehead atoms. The molecule has 0 amide bonds. The Morgan fingerprint density at radius 1 is 1.32 bits per heavy atom. The van der Waals surface area contributed by atoms with E-state index < -0.39 is 8.32 Å². The first-order valence-electron chi connectivity index (χ1n) is 7.73. The highest BCUT2D eigenvalue weighted by atomic mass is 28.4. The van der Waals surface area contributed by atoms with Gasteiger partial charge in [0.15, 0.2) is 8.32 Å². The van der Waals surface area contributed by atoms with E-state index in [1.165, 1.54) is 19.3 Å². The Hall–Kier alpha value is 0.0969. The van der Waals surface area contributed by atoms with Crippen LogP contribution in [0.4, 0.5) is 0 Å². The molecule has 0 aromatic heterocycles. The fraction of sp³-hybridized carbons (Fsp3) is 1.00. The highest BCUT2D eigenvalue weighted by molar-refractivity contribution is 6.74. The highest BCUT2D eigenvalue weighted by Gasteiger charge is 2.49. The Morgan fingerprint density at radius 2 is 2.00 bits per heavy atom. The Morgan fingerprint density at radius 3 is 2.58 bits per heavy atom. The molecule has 2 rings (SSSR count). The average molecular weight is 286 g/mol. The second-order valence-electron chi connectivity index (χ2n) is 7.94. The first-order valence-corrected chi connectivity index (χ1v) is 10.6. The third kappa shape index (κ3) is 2.78. The van der Waals surface area contributed by atoms with E-state index >= 15 is 0 Å². The van der Waals surface area contributed by atoms with Crippen LogP contribution in [0.2, 0.25) is 18.1 Å². The van der Waals surface area contributed by atoms with Gasteiger partial charge in [-0.1, -0.05) is 20.8 Å². The fourth-order valence-corrected chi connectivity index (χ4v) is 4.37. The van der Waals surface area contributed by atoms with Crippen LogP contribution in [0.15, 0.2) is 0 Å². The number of aliphatic hydroxyl groups excluding tert-OH is 1. The molecule has 2 saturated heterocycles. The minimum atomic E-state index is -1.64. The van der Waals surface area contributed by atoms with Crippen molar-refractivity contribution < 1.29 is 9.53 Å². The van der Waals surface area contributed by atoms with E-state index in [9.17, 15) is 5.11 Å². The van der Waals surface area contributed by atoms with Crippen LogP contribution in [-0.2, 0) is 4.43 Å². The molecule has 2 fully saturated rings. The monoisotopic (exact) mass is 285 g/mol. The number of rotatable bonds is 4. The molecule has 0 unspecified atom stereocenters. The van der Waals surface area contributed by atoms with Crippen molar-refractivity contribution in [3.8, 4) is 0 Å². The summed E-state index contributed by atoms with van der Waals surface area (Å²) in [5.74, 6) is 0. The smallest absolute Gasteiger partial charge is 0.192 e. The van der Waals surface area contributed by atoms with Crippen LogP contribution < -0.4 is 0 Å². The third-order valence-electron chi connectivity index (χ3n) is 5.77. The van der Waals surface area contributed by atoms with Crippen molar-refractivity contribution in [1.29, 1.82) is 0 Å². The summed E-state index contributed by atoms with van der Waals surface area (Å²) in [7, 11) is -1.64. The molecule has 0 spiro atoms. The molecule has 0 aromatic carbocycles. The molecule has 0 aliphatic carbocycles. The van der Waals surface area contributed by atoms with Gasteiger partial charge in [-0.25, -0.2) is 0 Å². The van der Waals surface area contributed by atoms with Crippen LogP contribution in [0, 0.1) is 0 Å². The standard InChI is InChI=1S/C15H31NO2Si/c1-14(2,3)19(4,5)18-11-13-7-9-15(12-17)8-6-10-16(13)15/h13,17H,6-12H2,1-5H3/t13-,15-/m0/s1. The summed E-state index contributed by atoms with van der Waals surface area (Å²) in [4.78, 5) is 2.54. The third-order valence-corrected chi connectivity index (χ3v) is 10.3. The first-order chi connectivity index (χ1) is 8.72. The molecule has 2 heterocycles. The molecule has 0 radical (unpaired) electrons. The summed E-state index contributed by atoms with van der Waals surface area (Å²) in [6, 6.07) is 0.531. The van der Waals surface area contributed by atoms with Crippen LogP contribution in [0.1, 0.15) is 46.5 Å². The van der Waals surface area contributed by atoms with Crippen molar-refractivity contribution in [1.82, 2.24) is 4.90 Å². The largest absolute Gasteiger partial charge is 0.415 e. The van der Waals surface area contributed by atoms with Gasteiger partial charge in [-0.15, -0.1) is 0 Å². The summed E-state index contributed by atoms with van der Waals surface area (Å²) in [6.45, 7) is 13.9. The number of fused-ring (bicyclic) bond motifs is 1. The van der Waals surface area contributed by atoms with Gasteiger partial charge in [-0.2, -0.15) is 0 Å². The lowest BCUT2D eigenvalue weighted by Crippen LogP contribution is -2.49. The maximum atomic E-state index is 9.73. The maximum absolute atomic E-state index is 9.73. The van der Waals surface area contributed by atoms with Gasteiger partial charge in [-0.3, -0.25) is 4.90 Å². The zero-order valence-electron chi connectivity index (χ0n) is 13.3. The van der Waals surface area contributed by atoms with E-state index in [1.54, 1.807) is 0 Å². The Kier molecular flexibility index (Phi) is 4.18. The summed E-state index contributed by atoms with van der Waals surface area (Å²) in [6.07, 6.45) is 4.74. The second kappa shape index (κ2) is 5.13. The summed E-state index contributed by atoms with van der Waals surface area (Å²) < 4.78 is 6.39. The van der Waals surface area contributed by atoms with Crippen molar-refractivity contribution >= 4 is 8.32 Å². The summed E-state index contributed by atoms with van der Waals surface area (Å²) in [5, 5.41) is 10.0. The molecule has 4 heteroatoms. The van der Waals surface area contributed by atoms with Crippen LogP contribution in [0.3, 0.4) is 0 Å². The first kappa shape index (κ1) is 15.5. The van der Waals surface area contributed by atoms with Crippen LogP contribution in [-0.4, -0.2) is 49.7 Å². The molecular weight excluding hydrogens is 254 g/mol. The molecular formula is C15H31NO2Si. The van der Waals surface area contributed by atoms with E-state index in [1.807, 2.05) is 0 Å². The topological polar surface area (TPSA) is 32.7 Å². The lowest BCUT2D eigenvalue weighted by Gasteiger charge is -2.39. The Labute approximate surface area is 119 Å². The second-order valence-corrected chi connectivity index (χ2v) is 12.8. The molecule has 3 nitrogen and oxygen atoms in total. The summed E-state index contributed by atoms with van der Waals surface area (Å²) in [5.41, 5.74) is 0.0987. The lowest BCUT2D eigenvalue weighted by molar-refractivity contribution is 0.0607. The highest BCUT2D eigenvalue weighted by Crippen LogP contribution is 2.43. The van der Waals surface area contributed by atoms with E-state index in [2.05, 4.69) is 38.8 Å². The zero-order valence-corrected chi connectivity index (χ0v) is 14.3. The van der Waals surface area contributed by atoms with Gasteiger partial charge in [0.25, 0.3) is 0 Å². The van der Waals surface area contributed by atoms with Gasteiger partial charge in [0.2, 0.25) is 0 Å². The van der Waals surface area contributed by atoms with Gasteiger partial charge in [0.05, 0.1) is 6.61 Å². The maximum Gasteiger partial charge on any atom is 0.192 e. The average Bonchev–Trinajstić information content (AvgIpc) is 2.83. The molecule has 0 saturated carbocycles. The van der Waals surface area contributed by atoms with Gasteiger partial charge in [0, 0.05) is 18.2 Å². The molecule has 2 aliphatic heterocycles. The van der Waals surface area contributed by atoms with Crippen LogP contribution >= 0.6 is 0 Å². The van der Waals surface area contributed by atoms with Crippen molar-refractivity contribution in [2.75, 3.05) is 19.8 Å². The normalized spacial score (nSPS) is 32.8. The number of aliphatic hydroxyl groups is 1. The molecule has 1 N–H and O–H groups in total. The minimum absolute atomic E-state index is 0.0987. The van der Waals surface area contributed by atoms with Gasteiger partial charge < -0.3 is 9.53 Å². The Balaban J connectivity index is 1.95. The van der Waals surface area contributed by atoms with Gasteiger partial charge >= 0.3 is 0 Å². The number of hydrogen-bond acceptors (Lipinski definition) is 3. The number of nitrogens with zero attached hydrogens (tertiary/aromatic N) is 1. The van der Waals surface area contributed by atoms with Crippen molar-refractivity contribution in [3.63, 3.8) is 0 Å². The van der Waals surface area contributed by atoms with E-state index in [0.717, 1.165) is 19.6 Å². The van der Waals surface area contributed by atoms with Gasteiger partial charge in [-0.05, 0) is 50.4 Å². The minimum Gasteiger partial charge on any atom is -0.415 e. The fourth-order valence-electron chi connectivity index (χ4n) is 3.33. The van der Waals surface area contributed by atoms with E-state index in [4.69, 9.17) is 4.43 Å². The lowest BCUT2D eigenvalue weighted by atomic mass is 9.95. The predicted molar refractivity (Wildman–Crippen MR) is 81.9 cm³/mol. The summed E-state index contributed by atoms with van der Waals surface area (Å²) >= 11 is 0. The SMILES string of the molecule is CC(C)(C)[Si](C)(C)OC[C@@H]1CC[C@]2(CO)CCCN12.